The van der Waals surface area contributed by atoms with E-state index < -0.39 is 17.5 Å². The molecule has 1 aliphatic heterocycles. The molecule has 7 heteroatoms. The van der Waals surface area contributed by atoms with E-state index in [1.807, 2.05) is 0 Å². The first kappa shape index (κ1) is 19.6. The number of hydrogen-bond acceptors (Lipinski definition) is 4. The molecular formula is C22H23F3N4. The Morgan fingerprint density at radius 3 is 2.55 bits per heavy atom. The molecule has 0 radical (unpaired) electrons. The third-order valence-electron chi connectivity index (χ3n) is 5.61. The first-order chi connectivity index (χ1) is 14.1. The lowest BCUT2D eigenvalue weighted by Gasteiger charge is -2.33. The van der Waals surface area contributed by atoms with Crippen LogP contribution in [0.15, 0.2) is 30.6 Å². The van der Waals surface area contributed by atoms with Crippen molar-refractivity contribution in [1.29, 1.82) is 0 Å². The third kappa shape index (κ3) is 4.04. The summed E-state index contributed by atoms with van der Waals surface area (Å²) in [4.78, 5) is 15.3. The molecule has 1 aromatic carbocycles. The molecule has 2 aromatic heterocycles. The molecule has 0 saturated carbocycles. The van der Waals surface area contributed by atoms with Crippen LogP contribution in [0.3, 0.4) is 0 Å². The van der Waals surface area contributed by atoms with E-state index in [0.717, 1.165) is 37.4 Å². The highest BCUT2D eigenvalue weighted by atomic mass is 19.2. The Kier molecular flexibility index (Phi) is 5.65. The van der Waals surface area contributed by atoms with Crippen molar-refractivity contribution in [2.75, 3.05) is 18.0 Å². The Labute approximate surface area is 167 Å². The summed E-state index contributed by atoms with van der Waals surface area (Å²) in [5.74, 6) is -1.83. The van der Waals surface area contributed by atoms with Crippen LogP contribution in [0.4, 0.5) is 19.0 Å². The van der Waals surface area contributed by atoms with Crippen LogP contribution in [0.25, 0.3) is 22.3 Å². The molecule has 1 saturated heterocycles. The van der Waals surface area contributed by atoms with Gasteiger partial charge in [-0.2, -0.15) is 0 Å². The Morgan fingerprint density at radius 1 is 1.03 bits per heavy atom. The van der Waals surface area contributed by atoms with Crippen molar-refractivity contribution < 1.29 is 13.2 Å². The Morgan fingerprint density at radius 2 is 1.79 bits per heavy atom. The number of anilines is 1. The molecule has 0 atom stereocenters. The Balaban J connectivity index is 1.72. The zero-order chi connectivity index (χ0) is 20.4. The second kappa shape index (κ2) is 8.35. The molecule has 4 nitrogen and oxygen atoms in total. The van der Waals surface area contributed by atoms with Crippen molar-refractivity contribution in [2.45, 2.75) is 39.0 Å². The van der Waals surface area contributed by atoms with Gasteiger partial charge in [0.05, 0.1) is 16.5 Å². The monoisotopic (exact) mass is 400 g/mol. The number of halogens is 3. The van der Waals surface area contributed by atoms with E-state index >= 15 is 0 Å². The summed E-state index contributed by atoms with van der Waals surface area (Å²) in [5, 5.41) is 0.770. The number of nitrogens with zero attached hydrogens (tertiary/aromatic N) is 4. The molecule has 4 rings (SSSR count). The fourth-order valence-corrected chi connectivity index (χ4v) is 3.94. The van der Waals surface area contributed by atoms with Crippen molar-refractivity contribution in [2.24, 2.45) is 5.92 Å². The number of fused-ring (bicyclic) bond motifs is 1. The molecule has 152 valence electrons. The van der Waals surface area contributed by atoms with Crippen LogP contribution in [-0.2, 0) is 0 Å². The van der Waals surface area contributed by atoms with Gasteiger partial charge in [-0.3, -0.25) is 4.98 Å². The number of aromatic nitrogens is 3. The lowest BCUT2D eigenvalue weighted by atomic mass is 9.91. The number of hydrogen-bond donors (Lipinski definition) is 0. The second-order valence-electron chi connectivity index (χ2n) is 7.58. The highest BCUT2D eigenvalue weighted by molar-refractivity contribution is 5.90. The molecule has 0 unspecified atom stereocenters. The molecular weight excluding hydrogens is 377 g/mol. The largest absolute Gasteiger partial charge is 0.356 e. The van der Waals surface area contributed by atoms with Gasteiger partial charge in [0.1, 0.15) is 11.6 Å². The van der Waals surface area contributed by atoms with Crippen LogP contribution in [0, 0.1) is 23.4 Å². The summed E-state index contributed by atoms with van der Waals surface area (Å²) in [7, 11) is 0. The van der Waals surface area contributed by atoms with Crippen LogP contribution in [-0.4, -0.2) is 28.0 Å². The SMILES string of the molecule is CCCCC1CCN(c2nc(-c3cc(F)c(F)cc3F)nc3ccncc23)CC1. The minimum Gasteiger partial charge on any atom is -0.356 e. The van der Waals surface area contributed by atoms with Gasteiger partial charge >= 0.3 is 0 Å². The molecule has 29 heavy (non-hydrogen) atoms. The normalized spacial score (nSPS) is 15.2. The summed E-state index contributed by atoms with van der Waals surface area (Å²) in [5.41, 5.74) is 0.443. The van der Waals surface area contributed by atoms with E-state index in [1.54, 1.807) is 18.5 Å². The standard InChI is InChI=1S/C22H23F3N4/c1-2-3-4-14-6-9-29(10-7-14)22-16-13-26-8-5-20(16)27-21(28-22)15-11-18(24)19(25)12-17(15)23/h5,8,11-14H,2-4,6-7,9-10H2,1H3. The topological polar surface area (TPSA) is 41.9 Å². The molecule has 0 spiro atoms. The Bertz CT molecular complexity index is 1020. The van der Waals surface area contributed by atoms with Crippen LogP contribution in [0.1, 0.15) is 39.0 Å². The summed E-state index contributed by atoms with van der Waals surface area (Å²) < 4.78 is 41.4. The molecule has 1 fully saturated rings. The van der Waals surface area contributed by atoms with Crippen molar-refractivity contribution >= 4 is 16.7 Å². The van der Waals surface area contributed by atoms with E-state index in [0.29, 0.717) is 23.3 Å². The van der Waals surface area contributed by atoms with Crippen LogP contribution in [0.2, 0.25) is 0 Å². The zero-order valence-electron chi connectivity index (χ0n) is 16.3. The van der Waals surface area contributed by atoms with Crippen molar-refractivity contribution in [1.82, 2.24) is 15.0 Å². The second-order valence-corrected chi connectivity index (χ2v) is 7.58. The quantitative estimate of drug-likeness (QED) is 0.529. The van der Waals surface area contributed by atoms with Gasteiger partial charge < -0.3 is 4.90 Å². The highest BCUT2D eigenvalue weighted by Gasteiger charge is 2.23. The predicted octanol–water partition coefficient (Wildman–Crippen LogP) is 5.52. The maximum atomic E-state index is 14.3. The number of rotatable bonds is 5. The maximum Gasteiger partial charge on any atom is 0.165 e. The van der Waals surface area contributed by atoms with Gasteiger partial charge in [0.25, 0.3) is 0 Å². The summed E-state index contributed by atoms with van der Waals surface area (Å²) >= 11 is 0. The van der Waals surface area contributed by atoms with E-state index in [-0.39, 0.29) is 11.4 Å². The number of unbranched alkanes of at least 4 members (excludes halogenated alkanes) is 1. The van der Waals surface area contributed by atoms with Crippen molar-refractivity contribution in [3.8, 4) is 11.4 Å². The maximum absolute atomic E-state index is 14.3. The Hall–Kier alpha value is -2.70. The van der Waals surface area contributed by atoms with Crippen LogP contribution in [0.5, 0.6) is 0 Å². The minimum atomic E-state index is -1.23. The molecule has 3 aromatic rings. The zero-order valence-corrected chi connectivity index (χ0v) is 16.3. The average Bonchev–Trinajstić information content (AvgIpc) is 2.74. The number of piperidine rings is 1. The van der Waals surface area contributed by atoms with Gasteiger partial charge in [0.15, 0.2) is 17.5 Å². The molecule has 0 bridgehead atoms. The number of benzene rings is 1. The summed E-state index contributed by atoms with van der Waals surface area (Å²) in [6, 6.07) is 3.06. The van der Waals surface area contributed by atoms with Crippen molar-refractivity contribution in [3.63, 3.8) is 0 Å². The molecule has 1 aliphatic rings. The van der Waals surface area contributed by atoms with Crippen molar-refractivity contribution in [3.05, 3.63) is 48.0 Å². The molecule has 0 aliphatic carbocycles. The fraction of sp³-hybridized carbons (Fsp3) is 0.409. The fourth-order valence-electron chi connectivity index (χ4n) is 3.94. The minimum absolute atomic E-state index is 0.0446. The average molecular weight is 400 g/mol. The lowest BCUT2D eigenvalue weighted by molar-refractivity contribution is 0.371. The molecule has 0 amide bonds. The highest BCUT2D eigenvalue weighted by Crippen LogP contribution is 2.32. The van der Waals surface area contributed by atoms with Crippen LogP contribution >= 0.6 is 0 Å². The van der Waals surface area contributed by atoms with Gasteiger partial charge in [-0.1, -0.05) is 26.2 Å². The third-order valence-corrected chi connectivity index (χ3v) is 5.61. The predicted molar refractivity (Wildman–Crippen MR) is 107 cm³/mol. The van der Waals surface area contributed by atoms with Gasteiger partial charge in [0.2, 0.25) is 0 Å². The van der Waals surface area contributed by atoms with Gasteiger partial charge in [-0.25, -0.2) is 23.1 Å². The van der Waals surface area contributed by atoms with E-state index in [9.17, 15) is 13.2 Å². The van der Waals surface area contributed by atoms with E-state index in [2.05, 4.69) is 26.8 Å². The molecule has 0 N–H and O–H groups in total. The molecule has 3 heterocycles. The first-order valence-electron chi connectivity index (χ1n) is 10.1. The van der Waals surface area contributed by atoms with Gasteiger partial charge in [-0.15, -0.1) is 0 Å². The number of pyridine rings is 1. The van der Waals surface area contributed by atoms with Gasteiger partial charge in [-0.05, 0) is 30.9 Å². The smallest absolute Gasteiger partial charge is 0.165 e. The first-order valence-corrected chi connectivity index (χ1v) is 10.1. The summed E-state index contributed by atoms with van der Waals surface area (Å²) in [6.45, 7) is 3.89. The van der Waals surface area contributed by atoms with E-state index in [4.69, 9.17) is 0 Å². The lowest BCUT2D eigenvalue weighted by Crippen LogP contribution is -2.34. The summed E-state index contributed by atoms with van der Waals surface area (Å²) in [6.07, 6.45) is 9.11. The van der Waals surface area contributed by atoms with Gasteiger partial charge in [0, 0.05) is 31.5 Å². The van der Waals surface area contributed by atoms with Crippen LogP contribution < -0.4 is 4.90 Å². The van der Waals surface area contributed by atoms with E-state index in [1.165, 1.54) is 19.3 Å².